The van der Waals surface area contributed by atoms with Gasteiger partial charge in [0.05, 0.1) is 12.7 Å². The summed E-state index contributed by atoms with van der Waals surface area (Å²) < 4.78 is 11.4. The van der Waals surface area contributed by atoms with Gasteiger partial charge in [0.1, 0.15) is 0 Å². The van der Waals surface area contributed by atoms with Crippen molar-refractivity contribution in [2.24, 2.45) is 5.41 Å². The Morgan fingerprint density at radius 1 is 1.38 bits per heavy atom. The van der Waals surface area contributed by atoms with Crippen molar-refractivity contribution >= 4 is 0 Å². The van der Waals surface area contributed by atoms with Crippen molar-refractivity contribution in [3.05, 3.63) is 0 Å². The minimum absolute atomic E-state index is 0.351. The molecule has 2 rings (SSSR count). The Kier molecular flexibility index (Phi) is 4.62. The molecular weight excluding hydrogens is 202 g/mol. The lowest BCUT2D eigenvalue weighted by atomic mass is 9.81. The van der Waals surface area contributed by atoms with Crippen LogP contribution in [0.1, 0.15) is 39.0 Å². The van der Waals surface area contributed by atoms with E-state index < -0.39 is 0 Å². The summed E-state index contributed by atoms with van der Waals surface area (Å²) >= 11 is 0. The predicted octanol–water partition coefficient (Wildman–Crippen LogP) is 1.96. The van der Waals surface area contributed by atoms with Gasteiger partial charge in [-0.2, -0.15) is 0 Å². The quantitative estimate of drug-likeness (QED) is 0.704. The molecule has 0 radical (unpaired) electrons. The molecule has 3 heteroatoms. The smallest absolute Gasteiger partial charge is 0.0582 e. The molecule has 0 aromatic carbocycles. The minimum Gasteiger partial charge on any atom is -0.381 e. The Hall–Kier alpha value is -0.120. The first-order valence-corrected chi connectivity index (χ1v) is 6.75. The number of hydrogen-bond donors (Lipinski definition) is 1. The van der Waals surface area contributed by atoms with Crippen LogP contribution in [-0.2, 0) is 9.47 Å². The van der Waals surface area contributed by atoms with Crippen molar-refractivity contribution in [1.82, 2.24) is 5.32 Å². The molecule has 0 saturated carbocycles. The summed E-state index contributed by atoms with van der Waals surface area (Å²) in [6, 6.07) is 0. The molecule has 16 heavy (non-hydrogen) atoms. The highest BCUT2D eigenvalue weighted by molar-refractivity contribution is 4.88. The van der Waals surface area contributed by atoms with Crippen molar-refractivity contribution in [3.63, 3.8) is 0 Å². The maximum Gasteiger partial charge on any atom is 0.0582 e. The molecule has 2 unspecified atom stereocenters. The van der Waals surface area contributed by atoms with Crippen LogP contribution in [0.2, 0.25) is 0 Å². The molecule has 0 spiro atoms. The summed E-state index contributed by atoms with van der Waals surface area (Å²) in [6.45, 7) is 7.24. The lowest BCUT2D eigenvalue weighted by molar-refractivity contribution is 0.0521. The van der Waals surface area contributed by atoms with Gasteiger partial charge in [-0.15, -0.1) is 0 Å². The zero-order valence-corrected chi connectivity index (χ0v) is 10.5. The van der Waals surface area contributed by atoms with Gasteiger partial charge in [-0.25, -0.2) is 0 Å². The molecule has 2 atom stereocenters. The normalized spacial score (nSPS) is 34.7. The van der Waals surface area contributed by atoms with Crippen molar-refractivity contribution in [1.29, 1.82) is 0 Å². The third-order valence-electron chi connectivity index (χ3n) is 3.80. The summed E-state index contributed by atoms with van der Waals surface area (Å²) in [5, 5.41) is 3.56. The standard InChI is InChI=1S/C13H25NO2/c1-2-6-14-10-13(5-8-15-11-13)9-12-4-3-7-16-12/h12,14H,2-11H2,1H3. The second-order valence-corrected chi connectivity index (χ2v) is 5.32. The Balaban J connectivity index is 1.82. The average molecular weight is 227 g/mol. The number of hydrogen-bond acceptors (Lipinski definition) is 3. The Morgan fingerprint density at radius 3 is 2.94 bits per heavy atom. The molecule has 0 bridgehead atoms. The molecule has 94 valence electrons. The molecule has 2 fully saturated rings. The molecule has 0 amide bonds. The first-order chi connectivity index (χ1) is 7.85. The predicted molar refractivity (Wildman–Crippen MR) is 64.6 cm³/mol. The highest BCUT2D eigenvalue weighted by Gasteiger charge is 2.37. The maximum absolute atomic E-state index is 5.76. The highest BCUT2D eigenvalue weighted by atomic mass is 16.5. The minimum atomic E-state index is 0.351. The molecule has 1 N–H and O–H groups in total. The van der Waals surface area contributed by atoms with E-state index in [4.69, 9.17) is 9.47 Å². The number of nitrogens with one attached hydrogen (secondary N) is 1. The van der Waals surface area contributed by atoms with E-state index in [-0.39, 0.29) is 0 Å². The monoisotopic (exact) mass is 227 g/mol. The van der Waals surface area contributed by atoms with Crippen LogP contribution in [0.3, 0.4) is 0 Å². The lowest BCUT2D eigenvalue weighted by Gasteiger charge is -2.30. The molecular formula is C13H25NO2. The van der Waals surface area contributed by atoms with Crippen LogP contribution in [-0.4, -0.2) is 39.0 Å². The first kappa shape index (κ1) is 12.3. The lowest BCUT2D eigenvalue weighted by Crippen LogP contribution is -2.38. The van der Waals surface area contributed by atoms with Crippen LogP contribution < -0.4 is 5.32 Å². The van der Waals surface area contributed by atoms with Crippen LogP contribution in [0.25, 0.3) is 0 Å². The van der Waals surface area contributed by atoms with Crippen LogP contribution >= 0.6 is 0 Å². The highest BCUT2D eigenvalue weighted by Crippen LogP contribution is 2.36. The van der Waals surface area contributed by atoms with E-state index in [1.54, 1.807) is 0 Å². The maximum atomic E-state index is 5.76. The van der Waals surface area contributed by atoms with Gasteiger partial charge < -0.3 is 14.8 Å². The molecule has 2 aliphatic heterocycles. The van der Waals surface area contributed by atoms with E-state index in [1.165, 1.54) is 32.1 Å². The second-order valence-electron chi connectivity index (χ2n) is 5.32. The summed E-state index contributed by atoms with van der Waals surface area (Å²) in [6.07, 6.45) is 6.56. The molecule has 3 nitrogen and oxygen atoms in total. The van der Waals surface area contributed by atoms with Gasteiger partial charge in [-0.1, -0.05) is 6.92 Å². The SMILES string of the molecule is CCCNCC1(CC2CCCO2)CCOC1. The Morgan fingerprint density at radius 2 is 2.31 bits per heavy atom. The van der Waals surface area contributed by atoms with Gasteiger partial charge in [0, 0.05) is 25.2 Å². The summed E-state index contributed by atoms with van der Waals surface area (Å²) in [7, 11) is 0. The second kappa shape index (κ2) is 5.99. The first-order valence-electron chi connectivity index (χ1n) is 6.75. The zero-order valence-electron chi connectivity index (χ0n) is 10.5. The van der Waals surface area contributed by atoms with E-state index in [2.05, 4.69) is 12.2 Å². The van der Waals surface area contributed by atoms with Gasteiger partial charge in [0.25, 0.3) is 0 Å². The molecule has 0 aromatic heterocycles. The van der Waals surface area contributed by atoms with Gasteiger partial charge in [0.2, 0.25) is 0 Å². The zero-order chi connectivity index (χ0) is 11.3. The van der Waals surface area contributed by atoms with E-state index in [1.807, 2.05) is 0 Å². The largest absolute Gasteiger partial charge is 0.381 e. The van der Waals surface area contributed by atoms with Gasteiger partial charge in [0.15, 0.2) is 0 Å². The fourth-order valence-electron chi connectivity index (χ4n) is 2.84. The van der Waals surface area contributed by atoms with Crippen LogP contribution in [0, 0.1) is 5.41 Å². The van der Waals surface area contributed by atoms with Gasteiger partial charge in [-0.05, 0) is 38.6 Å². The number of ether oxygens (including phenoxy) is 2. The Labute approximate surface area is 98.9 Å². The van der Waals surface area contributed by atoms with E-state index in [0.717, 1.165) is 32.9 Å². The van der Waals surface area contributed by atoms with Crippen LogP contribution in [0.15, 0.2) is 0 Å². The molecule has 0 aromatic rings. The van der Waals surface area contributed by atoms with Crippen LogP contribution in [0.4, 0.5) is 0 Å². The average Bonchev–Trinajstić information content (AvgIpc) is 2.91. The summed E-state index contributed by atoms with van der Waals surface area (Å²) in [5.41, 5.74) is 0.351. The summed E-state index contributed by atoms with van der Waals surface area (Å²) in [5.74, 6) is 0. The Bertz CT molecular complexity index is 196. The number of rotatable bonds is 6. The van der Waals surface area contributed by atoms with Crippen LogP contribution in [0.5, 0.6) is 0 Å². The molecule has 2 heterocycles. The molecule has 2 aliphatic rings. The van der Waals surface area contributed by atoms with E-state index in [0.29, 0.717) is 11.5 Å². The van der Waals surface area contributed by atoms with Gasteiger partial charge >= 0.3 is 0 Å². The van der Waals surface area contributed by atoms with E-state index >= 15 is 0 Å². The fraction of sp³-hybridized carbons (Fsp3) is 1.00. The molecule has 0 aliphatic carbocycles. The molecule has 2 saturated heterocycles. The van der Waals surface area contributed by atoms with Crippen molar-refractivity contribution < 1.29 is 9.47 Å². The van der Waals surface area contributed by atoms with E-state index in [9.17, 15) is 0 Å². The van der Waals surface area contributed by atoms with Crippen molar-refractivity contribution in [2.45, 2.75) is 45.1 Å². The third kappa shape index (κ3) is 3.19. The van der Waals surface area contributed by atoms with Crippen molar-refractivity contribution in [3.8, 4) is 0 Å². The fourth-order valence-corrected chi connectivity index (χ4v) is 2.84. The third-order valence-corrected chi connectivity index (χ3v) is 3.80. The van der Waals surface area contributed by atoms with Gasteiger partial charge in [-0.3, -0.25) is 0 Å². The van der Waals surface area contributed by atoms with Crippen molar-refractivity contribution in [2.75, 3.05) is 32.9 Å². The topological polar surface area (TPSA) is 30.5 Å². The summed E-state index contributed by atoms with van der Waals surface area (Å²) in [4.78, 5) is 0.